The summed E-state index contributed by atoms with van der Waals surface area (Å²) < 4.78 is 32.1. The van der Waals surface area contributed by atoms with Crippen molar-refractivity contribution in [2.24, 2.45) is 5.41 Å². The minimum absolute atomic E-state index is 0.0162. The summed E-state index contributed by atoms with van der Waals surface area (Å²) in [6.45, 7) is 5.41. The van der Waals surface area contributed by atoms with Gasteiger partial charge in [0.05, 0.1) is 5.60 Å². The highest BCUT2D eigenvalue weighted by Gasteiger charge is 2.61. The highest BCUT2D eigenvalue weighted by molar-refractivity contribution is 5.68. The second-order valence-corrected chi connectivity index (χ2v) is 8.26. The third kappa shape index (κ3) is 3.24. The van der Waals surface area contributed by atoms with Gasteiger partial charge in [-0.05, 0) is 57.9 Å². The minimum atomic E-state index is -1.24. The van der Waals surface area contributed by atoms with E-state index in [9.17, 15) is 18.7 Å². The largest absolute Gasteiger partial charge is 0.444 e. The summed E-state index contributed by atoms with van der Waals surface area (Å²) in [5.74, 6) is -1.37. The number of aliphatic hydroxyl groups is 1. The van der Waals surface area contributed by atoms with E-state index in [2.05, 4.69) is 5.32 Å². The molecule has 2 saturated carbocycles. The van der Waals surface area contributed by atoms with Gasteiger partial charge in [0, 0.05) is 17.7 Å². The fourth-order valence-electron chi connectivity index (χ4n) is 4.10. The Kier molecular flexibility index (Phi) is 3.86. The first kappa shape index (κ1) is 17.1. The number of carbonyl (C=O) groups is 1. The van der Waals surface area contributed by atoms with Crippen LogP contribution in [0.1, 0.15) is 52.0 Å². The number of alkyl carbamates (subject to hydrolysis) is 1. The maximum Gasteiger partial charge on any atom is 0.407 e. The number of ether oxygens (including phenoxy) is 1. The van der Waals surface area contributed by atoms with Crippen LogP contribution in [-0.2, 0) is 10.3 Å². The normalized spacial score (nSPS) is 32.0. The molecule has 3 rings (SSSR count). The van der Waals surface area contributed by atoms with Crippen LogP contribution in [0.15, 0.2) is 18.2 Å². The van der Waals surface area contributed by atoms with Gasteiger partial charge in [0.15, 0.2) is 0 Å². The fraction of sp³-hybridized carbons (Fsp3) is 0.611. The molecule has 0 bridgehead atoms. The van der Waals surface area contributed by atoms with Crippen LogP contribution in [0.25, 0.3) is 0 Å². The predicted octanol–water partition coefficient (Wildman–Crippen LogP) is 3.62. The lowest BCUT2D eigenvalue weighted by atomic mass is 9.47. The van der Waals surface area contributed by atoms with Crippen molar-refractivity contribution in [1.29, 1.82) is 0 Å². The molecule has 1 spiro atoms. The van der Waals surface area contributed by atoms with Gasteiger partial charge >= 0.3 is 6.09 Å². The van der Waals surface area contributed by atoms with Gasteiger partial charge < -0.3 is 15.2 Å². The number of amides is 1. The molecule has 0 atom stereocenters. The number of benzene rings is 1. The summed E-state index contributed by atoms with van der Waals surface area (Å²) in [6.07, 6.45) is 1.88. The highest BCUT2D eigenvalue weighted by Crippen LogP contribution is 2.64. The Balaban J connectivity index is 1.53. The zero-order valence-corrected chi connectivity index (χ0v) is 14.2. The predicted molar refractivity (Wildman–Crippen MR) is 84.3 cm³/mol. The van der Waals surface area contributed by atoms with Gasteiger partial charge in [0.25, 0.3) is 0 Å². The molecule has 2 N–H and O–H groups in total. The number of carbonyl (C=O) groups excluding carboxylic acids is 1. The van der Waals surface area contributed by atoms with Crippen molar-refractivity contribution in [3.63, 3.8) is 0 Å². The van der Waals surface area contributed by atoms with Crippen LogP contribution < -0.4 is 5.32 Å². The van der Waals surface area contributed by atoms with Crippen molar-refractivity contribution < 1.29 is 23.4 Å². The molecule has 0 heterocycles. The van der Waals surface area contributed by atoms with E-state index >= 15 is 0 Å². The molecule has 132 valence electrons. The minimum Gasteiger partial charge on any atom is -0.444 e. The Morgan fingerprint density at radius 3 is 2.46 bits per heavy atom. The van der Waals surface area contributed by atoms with Gasteiger partial charge in [-0.25, -0.2) is 13.6 Å². The van der Waals surface area contributed by atoms with E-state index in [0.717, 1.165) is 25.0 Å². The molecule has 0 aromatic heterocycles. The third-order valence-electron chi connectivity index (χ3n) is 4.85. The van der Waals surface area contributed by atoms with Crippen LogP contribution in [0.2, 0.25) is 0 Å². The van der Waals surface area contributed by atoms with Crippen molar-refractivity contribution in [1.82, 2.24) is 5.32 Å². The molecule has 0 aliphatic heterocycles. The van der Waals surface area contributed by atoms with Crippen molar-refractivity contribution in [3.8, 4) is 0 Å². The SMILES string of the molecule is CC(C)(C)OC(=O)NC1CC2(C1)CC(O)(c1ccc(F)cc1F)C2. The van der Waals surface area contributed by atoms with E-state index in [4.69, 9.17) is 4.74 Å². The second kappa shape index (κ2) is 5.41. The molecule has 2 aliphatic rings. The number of halogens is 2. The van der Waals surface area contributed by atoms with Crippen LogP contribution in [0.4, 0.5) is 13.6 Å². The smallest absolute Gasteiger partial charge is 0.407 e. The van der Waals surface area contributed by atoms with E-state index in [1.807, 2.05) is 0 Å². The molecule has 0 unspecified atom stereocenters. The lowest BCUT2D eigenvalue weighted by molar-refractivity contribution is -0.178. The second-order valence-electron chi connectivity index (χ2n) is 8.26. The van der Waals surface area contributed by atoms with Gasteiger partial charge in [-0.3, -0.25) is 0 Å². The molecule has 1 aromatic carbocycles. The summed E-state index contributed by atoms with van der Waals surface area (Å²) in [5, 5.41) is 13.4. The maximum absolute atomic E-state index is 13.9. The average Bonchev–Trinajstić information content (AvgIpc) is 2.31. The first-order valence-electron chi connectivity index (χ1n) is 8.18. The number of rotatable bonds is 2. The van der Waals surface area contributed by atoms with E-state index in [1.165, 1.54) is 6.07 Å². The Hall–Kier alpha value is -1.69. The molecule has 2 fully saturated rings. The molecular weight excluding hydrogens is 316 g/mol. The zero-order valence-electron chi connectivity index (χ0n) is 14.2. The molecule has 24 heavy (non-hydrogen) atoms. The summed E-state index contributed by atoms with van der Waals surface area (Å²) >= 11 is 0. The lowest BCUT2D eigenvalue weighted by Crippen LogP contribution is -2.61. The van der Waals surface area contributed by atoms with E-state index in [-0.39, 0.29) is 17.0 Å². The van der Waals surface area contributed by atoms with Crippen LogP contribution in [0.3, 0.4) is 0 Å². The van der Waals surface area contributed by atoms with E-state index in [0.29, 0.717) is 12.8 Å². The van der Waals surface area contributed by atoms with Gasteiger partial charge in [0.1, 0.15) is 17.2 Å². The summed E-state index contributed by atoms with van der Waals surface area (Å²) in [4.78, 5) is 11.7. The van der Waals surface area contributed by atoms with Gasteiger partial charge in [-0.15, -0.1) is 0 Å². The highest BCUT2D eigenvalue weighted by atomic mass is 19.1. The summed E-state index contributed by atoms with van der Waals surface area (Å²) in [7, 11) is 0. The molecule has 1 amide bonds. The van der Waals surface area contributed by atoms with Crippen LogP contribution >= 0.6 is 0 Å². The maximum atomic E-state index is 13.9. The topological polar surface area (TPSA) is 58.6 Å². The average molecular weight is 339 g/mol. The third-order valence-corrected chi connectivity index (χ3v) is 4.85. The van der Waals surface area contributed by atoms with Gasteiger partial charge in [-0.2, -0.15) is 0 Å². The molecule has 1 aromatic rings. The van der Waals surface area contributed by atoms with Gasteiger partial charge in [-0.1, -0.05) is 6.07 Å². The molecule has 0 saturated heterocycles. The first-order valence-corrected chi connectivity index (χ1v) is 8.18. The van der Waals surface area contributed by atoms with Crippen molar-refractivity contribution in [2.45, 2.75) is 63.7 Å². The number of hydrogen-bond acceptors (Lipinski definition) is 3. The number of hydrogen-bond donors (Lipinski definition) is 2. The standard InChI is InChI=1S/C18H23F2NO3/c1-16(2,3)24-15(22)21-12-7-17(8-12)9-18(23,10-17)13-5-4-11(19)6-14(13)20/h4-6,12,23H,7-10H2,1-3H3,(H,21,22). The number of nitrogens with one attached hydrogen (secondary N) is 1. The van der Waals surface area contributed by atoms with E-state index < -0.39 is 28.9 Å². The zero-order chi connectivity index (χ0) is 17.8. The monoisotopic (exact) mass is 339 g/mol. The Bertz CT molecular complexity index is 655. The van der Waals surface area contributed by atoms with Crippen LogP contribution in [0, 0.1) is 17.0 Å². The molecule has 6 heteroatoms. The summed E-state index contributed by atoms with van der Waals surface area (Å²) in [6, 6.07) is 3.29. The molecular formula is C18H23F2NO3. The Labute approximate surface area is 140 Å². The van der Waals surface area contributed by atoms with Crippen molar-refractivity contribution >= 4 is 6.09 Å². The van der Waals surface area contributed by atoms with Crippen molar-refractivity contribution in [3.05, 3.63) is 35.4 Å². The molecule has 2 aliphatic carbocycles. The van der Waals surface area contributed by atoms with E-state index in [1.54, 1.807) is 20.8 Å². The molecule has 0 radical (unpaired) electrons. The quantitative estimate of drug-likeness (QED) is 0.865. The van der Waals surface area contributed by atoms with Crippen molar-refractivity contribution in [2.75, 3.05) is 0 Å². The van der Waals surface area contributed by atoms with Crippen LogP contribution in [0.5, 0.6) is 0 Å². The fourth-order valence-corrected chi connectivity index (χ4v) is 4.10. The lowest BCUT2D eigenvalue weighted by Gasteiger charge is -2.61. The first-order chi connectivity index (χ1) is 11.0. The van der Waals surface area contributed by atoms with Crippen LogP contribution in [-0.4, -0.2) is 22.8 Å². The Morgan fingerprint density at radius 1 is 1.29 bits per heavy atom. The van der Waals surface area contributed by atoms with Gasteiger partial charge in [0.2, 0.25) is 0 Å². The Morgan fingerprint density at radius 2 is 1.92 bits per heavy atom. The summed E-state index contributed by atoms with van der Waals surface area (Å²) in [5.41, 5.74) is -1.70. The molecule has 4 nitrogen and oxygen atoms in total.